The Morgan fingerprint density at radius 1 is 0.800 bits per heavy atom. The molecule has 0 saturated carbocycles. The highest BCUT2D eigenvalue weighted by Gasteiger charge is 2.42. The number of H-pyrrole nitrogens is 2. The van der Waals surface area contributed by atoms with Crippen molar-refractivity contribution in [2.75, 3.05) is 27.3 Å². The Morgan fingerprint density at radius 2 is 1.47 bits per heavy atom. The first-order chi connectivity index (χ1) is 28.9. The monoisotopic (exact) mass is 820 g/mol. The van der Waals surface area contributed by atoms with E-state index in [1.165, 1.54) is 35.8 Å². The molecule has 4 N–H and O–H groups in total. The number of benzene rings is 3. The number of halogens is 1. The average Bonchev–Trinajstić information content (AvgIpc) is 4.09. The fraction of sp³-hybridized carbons (Fsp3) is 0.467. The number of nitrogens with zero attached hydrogens (tertiary/aromatic N) is 4. The Kier molecular flexibility index (Phi) is 11.3. The number of ether oxygens (including phenoxy) is 2. The van der Waals surface area contributed by atoms with E-state index < -0.39 is 36.5 Å². The quantitative estimate of drug-likeness (QED) is 0.114. The molecule has 14 nitrogen and oxygen atoms in total. The first-order valence-corrected chi connectivity index (χ1v) is 20.9. The van der Waals surface area contributed by atoms with Crippen molar-refractivity contribution < 1.29 is 33.0 Å². The summed E-state index contributed by atoms with van der Waals surface area (Å²) in [5.41, 5.74) is 8.40. The molecule has 316 valence electrons. The molecule has 2 aromatic heterocycles. The Morgan fingerprint density at radius 3 is 2.15 bits per heavy atom. The van der Waals surface area contributed by atoms with Crippen LogP contribution < -0.4 is 10.6 Å². The molecular formula is C45H53FN8O6. The van der Waals surface area contributed by atoms with Gasteiger partial charge in [-0.15, -0.1) is 0 Å². The third-order valence-corrected chi connectivity index (χ3v) is 12.5. The topological polar surface area (TPSA) is 175 Å². The van der Waals surface area contributed by atoms with Crippen LogP contribution in [0.1, 0.15) is 88.2 Å². The first-order valence-electron chi connectivity index (χ1n) is 20.9. The van der Waals surface area contributed by atoms with Crippen molar-refractivity contribution in [3.63, 3.8) is 0 Å². The molecule has 5 aromatic rings. The van der Waals surface area contributed by atoms with Crippen molar-refractivity contribution in [3.05, 3.63) is 71.4 Å². The Balaban J connectivity index is 1.05. The van der Waals surface area contributed by atoms with E-state index in [1.807, 2.05) is 38.7 Å². The van der Waals surface area contributed by atoms with Crippen molar-refractivity contribution in [2.24, 2.45) is 11.8 Å². The maximum Gasteiger partial charge on any atom is 0.407 e. The highest BCUT2D eigenvalue weighted by atomic mass is 19.1. The van der Waals surface area contributed by atoms with Crippen LogP contribution in [0.15, 0.2) is 48.7 Å². The Labute approximate surface area is 348 Å². The van der Waals surface area contributed by atoms with Gasteiger partial charge in [0.2, 0.25) is 11.8 Å². The van der Waals surface area contributed by atoms with Crippen LogP contribution in [0, 0.1) is 11.8 Å². The second-order valence-electron chi connectivity index (χ2n) is 16.9. The first kappa shape index (κ1) is 40.8. The van der Waals surface area contributed by atoms with E-state index in [4.69, 9.17) is 14.5 Å². The smallest absolute Gasteiger partial charge is 0.407 e. The molecule has 3 aliphatic rings. The van der Waals surface area contributed by atoms with Gasteiger partial charge in [0, 0.05) is 23.9 Å². The number of alkyl carbamates (subject to hydrolysis) is 2. The molecule has 2 saturated heterocycles. The number of amides is 4. The fourth-order valence-electron chi connectivity index (χ4n) is 9.38. The standard InChI is InChI=1S/C45H53FN8O6/c1-23(2)37(51-44(57)59-5)42(55)53-18-8-11-35(53)41-48-33-17-13-26-19-25(12-14-29(26)39(33)50-41)28-15-16-32(31-10-7-9-30(28)31)34-21-47-40(49-34)36-20-27(46)22-54(36)43(56)38(24(3)4)52-45(58)60-6/h12-17,19,21,23-24,27,35-38H,7-11,18,20,22H2,1-6H3,(H,47,49)(H,48,50)(H,51,57)(H,52,58)/t27-,35+,36+,37+,38+/m1/s1. The third kappa shape index (κ3) is 7.54. The van der Waals surface area contributed by atoms with E-state index in [1.54, 1.807) is 6.20 Å². The summed E-state index contributed by atoms with van der Waals surface area (Å²) < 4.78 is 24.5. The molecule has 15 heteroatoms. The van der Waals surface area contributed by atoms with Crippen molar-refractivity contribution in [3.8, 4) is 22.4 Å². The number of aromatic nitrogens is 4. The summed E-state index contributed by atoms with van der Waals surface area (Å²) in [5.74, 6) is 0.374. The maximum atomic E-state index is 15.0. The number of rotatable bonds is 10. The minimum absolute atomic E-state index is 0.0785. The van der Waals surface area contributed by atoms with Crippen LogP contribution in [-0.4, -0.2) is 99.3 Å². The number of carbonyl (C=O) groups is 4. The van der Waals surface area contributed by atoms with Crippen LogP contribution in [0.5, 0.6) is 0 Å². The molecule has 2 fully saturated rings. The molecule has 1 aliphatic carbocycles. The van der Waals surface area contributed by atoms with E-state index in [-0.39, 0.29) is 42.7 Å². The molecule has 4 amide bonds. The predicted octanol–water partition coefficient (Wildman–Crippen LogP) is 7.30. The van der Waals surface area contributed by atoms with Gasteiger partial charge in [-0.3, -0.25) is 9.59 Å². The maximum absolute atomic E-state index is 15.0. The van der Waals surface area contributed by atoms with Crippen molar-refractivity contribution >= 4 is 45.8 Å². The number of carbonyl (C=O) groups excluding carboxylic acids is 4. The summed E-state index contributed by atoms with van der Waals surface area (Å²) in [6.07, 6.45) is 3.77. The lowest BCUT2D eigenvalue weighted by atomic mass is 9.91. The molecule has 3 aromatic carbocycles. The minimum atomic E-state index is -1.22. The van der Waals surface area contributed by atoms with Crippen LogP contribution in [0.4, 0.5) is 14.0 Å². The van der Waals surface area contributed by atoms with Gasteiger partial charge in [-0.2, -0.15) is 0 Å². The molecule has 60 heavy (non-hydrogen) atoms. The van der Waals surface area contributed by atoms with Gasteiger partial charge < -0.3 is 39.9 Å². The third-order valence-electron chi connectivity index (χ3n) is 12.5. The van der Waals surface area contributed by atoms with Gasteiger partial charge in [-0.1, -0.05) is 58.0 Å². The number of nitrogens with one attached hydrogen (secondary N) is 4. The fourth-order valence-corrected chi connectivity index (χ4v) is 9.38. The molecule has 0 unspecified atom stereocenters. The summed E-state index contributed by atoms with van der Waals surface area (Å²) in [6.45, 7) is 7.96. The van der Waals surface area contributed by atoms with Gasteiger partial charge in [0.05, 0.1) is 55.8 Å². The van der Waals surface area contributed by atoms with E-state index in [0.717, 1.165) is 76.6 Å². The van der Waals surface area contributed by atoms with E-state index in [0.29, 0.717) is 12.4 Å². The summed E-state index contributed by atoms with van der Waals surface area (Å²) >= 11 is 0. The minimum Gasteiger partial charge on any atom is -0.453 e. The summed E-state index contributed by atoms with van der Waals surface area (Å²) in [4.78, 5) is 71.6. The van der Waals surface area contributed by atoms with Crippen molar-refractivity contribution in [1.29, 1.82) is 0 Å². The Bertz CT molecular complexity index is 2460. The highest BCUT2D eigenvalue weighted by molar-refractivity contribution is 6.05. The number of alkyl halides is 1. The highest BCUT2D eigenvalue weighted by Crippen LogP contribution is 2.41. The zero-order chi connectivity index (χ0) is 42.4. The van der Waals surface area contributed by atoms with E-state index >= 15 is 0 Å². The molecule has 0 radical (unpaired) electrons. The SMILES string of the molecule is COC(=O)N[C@H](C(=O)N1C[C@H](F)C[C@H]1c1ncc(-c2ccc(-c3ccc4c(ccc5[nH]c([C@@H]6CCCN6C(=O)[C@@H](NC(=O)OC)C(C)C)nc54)c3)c3c2CCC3)[nH]1)C(C)C. The lowest BCUT2D eigenvalue weighted by Crippen LogP contribution is -2.51. The van der Waals surface area contributed by atoms with Gasteiger partial charge in [0.15, 0.2) is 0 Å². The van der Waals surface area contributed by atoms with Crippen LogP contribution in [0.25, 0.3) is 44.2 Å². The number of likely N-dealkylation sites (tertiary alicyclic amines) is 2. The number of imidazole rings is 2. The van der Waals surface area contributed by atoms with Crippen molar-refractivity contribution in [2.45, 2.75) is 96.6 Å². The van der Waals surface area contributed by atoms with E-state index in [2.05, 4.69) is 62.0 Å². The molecule has 0 bridgehead atoms. The summed E-state index contributed by atoms with van der Waals surface area (Å²) in [5, 5.41) is 7.40. The van der Waals surface area contributed by atoms with Crippen LogP contribution >= 0.6 is 0 Å². The zero-order valence-electron chi connectivity index (χ0n) is 34.9. The summed E-state index contributed by atoms with van der Waals surface area (Å²) in [6, 6.07) is 12.5. The average molecular weight is 821 g/mol. The van der Waals surface area contributed by atoms with Gasteiger partial charge in [0.25, 0.3) is 0 Å². The molecule has 2 aliphatic heterocycles. The summed E-state index contributed by atoms with van der Waals surface area (Å²) in [7, 11) is 2.53. The number of hydrogen-bond donors (Lipinski definition) is 4. The van der Waals surface area contributed by atoms with Gasteiger partial charge >= 0.3 is 12.2 Å². The number of methoxy groups -OCH3 is 2. The van der Waals surface area contributed by atoms with E-state index in [9.17, 15) is 23.6 Å². The second-order valence-corrected chi connectivity index (χ2v) is 16.9. The van der Waals surface area contributed by atoms with Crippen LogP contribution in [-0.2, 0) is 31.9 Å². The van der Waals surface area contributed by atoms with Gasteiger partial charge in [0.1, 0.15) is 29.9 Å². The molecule has 4 heterocycles. The van der Waals surface area contributed by atoms with Crippen LogP contribution in [0.3, 0.4) is 0 Å². The van der Waals surface area contributed by atoms with Crippen molar-refractivity contribution in [1.82, 2.24) is 40.4 Å². The number of hydrogen-bond acceptors (Lipinski definition) is 8. The van der Waals surface area contributed by atoms with Gasteiger partial charge in [-0.05, 0) is 83.7 Å². The molecular weight excluding hydrogens is 768 g/mol. The zero-order valence-corrected chi connectivity index (χ0v) is 34.9. The largest absolute Gasteiger partial charge is 0.453 e. The van der Waals surface area contributed by atoms with Gasteiger partial charge in [-0.25, -0.2) is 23.9 Å². The Hall–Kier alpha value is -5.99. The lowest BCUT2D eigenvalue weighted by molar-refractivity contribution is -0.136. The predicted molar refractivity (Wildman–Crippen MR) is 225 cm³/mol. The van der Waals surface area contributed by atoms with Crippen LogP contribution in [0.2, 0.25) is 0 Å². The normalized spacial score (nSPS) is 19.9. The number of aromatic amines is 2. The molecule has 0 spiro atoms. The second kappa shape index (κ2) is 16.6. The number of fused-ring (bicyclic) bond motifs is 4. The molecule has 5 atom stereocenters. The molecule has 8 rings (SSSR count). The lowest BCUT2D eigenvalue weighted by Gasteiger charge is -2.29.